The second kappa shape index (κ2) is 7.68. The Kier molecular flexibility index (Phi) is 5.16. The lowest BCUT2D eigenvalue weighted by Crippen LogP contribution is -2.23. The monoisotopic (exact) mass is 323 g/mol. The summed E-state index contributed by atoms with van der Waals surface area (Å²) in [5.74, 6) is 1.48. The summed E-state index contributed by atoms with van der Waals surface area (Å²) in [6, 6.07) is 13.9. The first-order valence-corrected chi connectivity index (χ1v) is 8.12. The molecule has 1 aliphatic rings. The molecule has 0 fully saturated rings. The zero-order valence-electron chi connectivity index (χ0n) is 13.7. The van der Waals surface area contributed by atoms with Gasteiger partial charge in [-0.15, -0.1) is 0 Å². The van der Waals surface area contributed by atoms with Gasteiger partial charge in [-0.1, -0.05) is 35.9 Å². The van der Waals surface area contributed by atoms with Gasteiger partial charge in [0.25, 0.3) is 0 Å². The third kappa shape index (κ3) is 4.38. The summed E-state index contributed by atoms with van der Waals surface area (Å²) in [6.45, 7) is 3.79. The van der Waals surface area contributed by atoms with Crippen molar-refractivity contribution >= 4 is 12.0 Å². The van der Waals surface area contributed by atoms with Crippen LogP contribution in [0.15, 0.2) is 48.5 Å². The molecule has 0 atom stereocenters. The average molecular weight is 323 g/mol. The summed E-state index contributed by atoms with van der Waals surface area (Å²) < 4.78 is 11.1. The smallest absolute Gasteiger partial charge is 0.244 e. The third-order valence-corrected chi connectivity index (χ3v) is 3.79. The number of benzene rings is 2. The molecule has 1 amide bonds. The number of nitrogens with one attached hydrogen (secondary N) is 1. The highest BCUT2D eigenvalue weighted by Gasteiger charge is 2.11. The Morgan fingerprint density at radius 3 is 2.79 bits per heavy atom. The van der Waals surface area contributed by atoms with Crippen LogP contribution in [0, 0.1) is 6.92 Å². The van der Waals surface area contributed by atoms with E-state index < -0.39 is 0 Å². The minimum absolute atomic E-state index is 0.0888. The Balaban J connectivity index is 1.48. The van der Waals surface area contributed by atoms with Crippen molar-refractivity contribution in [2.45, 2.75) is 13.3 Å². The van der Waals surface area contributed by atoms with Gasteiger partial charge in [0, 0.05) is 12.6 Å². The van der Waals surface area contributed by atoms with E-state index in [1.165, 1.54) is 5.56 Å². The van der Waals surface area contributed by atoms with Crippen LogP contribution in [0.5, 0.6) is 11.5 Å². The highest BCUT2D eigenvalue weighted by atomic mass is 16.6. The molecule has 0 bridgehead atoms. The fraction of sp³-hybridized carbons (Fsp3) is 0.250. The Hall–Kier alpha value is -2.75. The molecule has 1 aliphatic heterocycles. The van der Waals surface area contributed by atoms with Gasteiger partial charge >= 0.3 is 0 Å². The number of hydrogen-bond acceptors (Lipinski definition) is 3. The molecule has 0 spiro atoms. The van der Waals surface area contributed by atoms with Crippen LogP contribution >= 0.6 is 0 Å². The van der Waals surface area contributed by atoms with Crippen molar-refractivity contribution in [3.63, 3.8) is 0 Å². The first-order chi connectivity index (χ1) is 11.7. The molecule has 0 aromatic heterocycles. The van der Waals surface area contributed by atoms with Gasteiger partial charge in [0.05, 0.1) is 0 Å². The summed E-state index contributed by atoms with van der Waals surface area (Å²) in [5, 5.41) is 2.90. The van der Waals surface area contributed by atoms with Crippen LogP contribution in [-0.4, -0.2) is 25.7 Å². The van der Waals surface area contributed by atoms with Crippen molar-refractivity contribution < 1.29 is 14.3 Å². The third-order valence-electron chi connectivity index (χ3n) is 3.79. The van der Waals surface area contributed by atoms with E-state index in [0.717, 1.165) is 29.0 Å². The maximum atomic E-state index is 11.9. The summed E-state index contributed by atoms with van der Waals surface area (Å²) in [6.07, 6.45) is 4.14. The van der Waals surface area contributed by atoms with E-state index in [-0.39, 0.29) is 5.91 Å². The second-order valence-corrected chi connectivity index (χ2v) is 5.77. The van der Waals surface area contributed by atoms with Crippen molar-refractivity contribution in [2.75, 3.05) is 19.8 Å². The van der Waals surface area contributed by atoms with E-state index in [2.05, 4.69) is 5.32 Å². The molecule has 1 heterocycles. The second-order valence-electron chi connectivity index (χ2n) is 5.77. The van der Waals surface area contributed by atoms with Crippen LogP contribution in [0.4, 0.5) is 0 Å². The standard InChI is InChI=1S/C20H21NO3/c1-15-3-2-4-16(13-15)6-8-20(22)21-10-9-17-5-7-18-19(14-17)24-12-11-23-18/h2-8,13-14H,9-12H2,1H3,(H,21,22)/b8-6+. The van der Waals surface area contributed by atoms with Crippen LogP contribution in [0.2, 0.25) is 0 Å². The summed E-state index contributed by atoms with van der Waals surface area (Å²) in [5.41, 5.74) is 3.32. The fourth-order valence-electron chi connectivity index (χ4n) is 2.58. The van der Waals surface area contributed by atoms with Gasteiger partial charge in [-0.05, 0) is 42.7 Å². The normalized spacial score (nSPS) is 13.0. The number of carbonyl (C=O) groups excluding carboxylic acids is 1. The Labute approximate surface area is 142 Å². The SMILES string of the molecule is Cc1cccc(/C=C/C(=O)NCCc2ccc3c(c2)OCCO3)c1. The number of ether oxygens (including phenoxy) is 2. The first-order valence-electron chi connectivity index (χ1n) is 8.12. The molecular formula is C20H21NO3. The highest BCUT2D eigenvalue weighted by Crippen LogP contribution is 2.30. The molecule has 0 unspecified atom stereocenters. The quantitative estimate of drug-likeness (QED) is 0.860. The van der Waals surface area contributed by atoms with Gasteiger partial charge in [0.2, 0.25) is 5.91 Å². The molecular weight excluding hydrogens is 302 g/mol. The maximum Gasteiger partial charge on any atom is 0.244 e. The molecule has 4 nitrogen and oxygen atoms in total. The minimum atomic E-state index is -0.0888. The zero-order chi connectivity index (χ0) is 16.8. The number of carbonyl (C=O) groups is 1. The van der Waals surface area contributed by atoms with E-state index in [4.69, 9.17) is 9.47 Å². The fourth-order valence-corrected chi connectivity index (χ4v) is 2.58. The summed E-state index contributed by atoms with van der Waals surface area (Å²) in [4.78, 5) is 11.9. The lowest BCUT2D eigenvalue weighted by Gasteiger charge is -2.18. The predicted octanol–water partition coefficient (Wildman–Crippen LogP) is 3.14. The van der Waals surface area contributed by atoms with Crippen LogP contribution in [0.3, 0.4) is 0 Å². The molecule has 0 saturated carbocycles. The number of fused-ring (bicyclic) bond motifs is 1. The van der Waals surface area contributed by atoms with Crippen molar-refractivity contribution in [1.29, 1.82) is 0 Å². The Morgan fingerprint density at radius 2 is 1.96 bits per heavy atom. The first kappa shape index (κ1) is 16.1. The topological polar surface area (TPSA) is 47.6 Å². The van der Waals surface area contributed by atoms with Gasteiger partial charge in [0.15, 0.2) is 11.5 Å². The predicted molar refractivity (Wildman–Crippen MR) is 94.4 cm³/mol. The van der Waals surface area contributed by atoms with E-state index >= 15 is 0 Å². The number of amides is 1. The van der Waals surface area contributed by atoms with Crippen LogP contribution < -0.4 is 14.8 Å². The van der Waals surface area contributed by atoms with E-state index in [9.17, 15) is 4.79 Å². The van der Waals surface area contributed by atoms with E-state index in [1.807, 2.05) is 55.5 Å². The molecule has 24 heavy (non-hydrogen) atoms. The van der Waals surface area contributed by atoms with Gasteiger partial charge in [0.1, 0.15) is 13.2 Å². The summed E-state index contributed by atoms with van der Waals surface area (Å²) >= 11 is 0. The maximum absolute atomic E-state index is 11.9. The van der Waals surface area contributed by atoms with Crippen LogP contribution in [-0.2, 0) is 11.2 Å². The lowest BCUT2D eigenvalue weighted by molar-refractivity contribution is -0.116. The molecule has 1 N–H and O–H groups in total. The molecule has 0 saturated heterocycles. The number of hydrogen-bond donors (Lipinski definition) is 1. The zero-order valence-corrected chi connectivity index (χ0v) is 13.7. The lowest BCUT2D eigenvalue weighted by atomic mass is 10.1. The average Bonchev–Trinajstić information content (AvgIpc) is 2.60. The Bertz CT molecular complexity index is 752. The molecule has 124 valence electrons. The molecule has 2 aromatic rings. The van der Waals surface area contributed by atoms with E-state index in [1.54, 1.807) is 6.08 Å². The van der Waals surface area contributed by atoms with Crippen molar-refractivity contribution in [3.8, 4) is 11.5 Å². The largest absolute Gasteiger partial charge is 0.486 e. The number of aryl methyl sites for hydroxylation is 1. The van der Waals surface area contributed by atoms with Crippen LogP contribution in [0.1, 0.15) is 16.7 Å². The molecule has 0 radical (unpaired) electrons. The van der Waals surface area contributed by atoms with Crippen molar-refractivity contribution in [1.82, 2.24) is 5.32 Å². The molecule has 0 aliphatic carbocycles. The summed E-state index contributed by atoms with van der Waals surface area (Å²) in [7, 11) is 0. The number of rotatable bonds is 5. The molecule has 2 aromatic carbocycles. The van der Waals surface area contributed by atoms with Crippen LogP contribution in [0.25, 0.3) is 6.08 Å². The van der Waals surface area contributed by atoms with Gasteiger partial charge < -0.3 is 14.8 Å². The molecule has 4 heteroatoms. The van der Waals surface area contributed by atoms with Crippen molar-refractivity contribution in [3.05, 3.63) is 65.2 Å². The van der Waals surface area contributed by atoms with Gasteiger partial charge in [-0.3, -0.25) is 4.79 Å². The van der Waals surface area contributed by atoms with Gasteiger partial charge in [-0.25, -0.2) is 0 Å². The minimum Gasteiger partial charge on any atom is -0.486 e. The van der Waals surface area contributed by atoms with Crippen molar-refractivity contribution in [2.24, 2.45) is 0 Å². The molecule has 3 rings (SSSR count). The van der Waals surface area contributed by atoms with Gasteiger partial charge in [-0.2, -0.15) is 0 Å². The van der Waals surface area contributed by atoms with E-state index in [0.29, 0.717) is 19.8 Å². The Morgan fingerprint density at radius 1 is 1.12 bits per heavy atom. The highest BCUT2D eigenvalue weighted by molar-refractivity contribution is 5.91.